The molecule has 242 valence electrons. The van der Waals surface area contributed by atoms with Gasteiger partial charge in [-0.25, -0.2) is 17.2 Å². The highest BCUT2D eigenvalue weighted by Crippen LogP contribution is 2.31. The van der Waals surface area contributed by atoms with Gasteiger partial charge in [0.15, 0.2) is 5.82 Å². The summed E-state index contributed by atoms with van der Waals surface area (Å²) in [7, 11) is -2.15. The Morgan fingerprint density at radius 3 is 2.56 bits per heavy atom. The van der Waals surface area contributed by atoms with Crippen LogP contribution in [0.15, 0.2) is 41.3 Å². The van der Waals surface area contributed by atoms with Gasteiger partial charge in [-0.05, 0) is 69.1 Å². The van der Waals surface area contributed by atoms with Gasteiger partial charge < -0.3 is 25.2 Å². The summed E-state index contributed by atoms with van der Waals surface area (Å²) in [6.07, 6.45) is 4.43. The molecule has 3 aliphatic heterocycles. The van der Waals surface area contributed by atoms with E-state index in [1.54, 1.807) is 6.07 Å². The fraction of sp³-hybridized carbons (Fsp3) is 0.484. The smallest absolute Gasteiger partial charge is 0.258 e. The number of hydrogen-bond acceptors (Lipinski definition) is 8. The molecule has 4 heterocycles. The van der Waals surface area contributed by atoms with Crippen molar-refractivity contribution in [1.29, 1.82) is 0 Å². The van der Waals surface area contributed by atoms with E-state index in [1.165, 1.54) is 12.8 Å². The van der Waals surface area contributed by atoms with Gasteiger partial charge in [-0.2, -0.15) is 9.40 Å². The molecule has 2 saturated heterocycles. The van der Waals surface area contributed by atoms with Gasteiger partial charge in [-0.15, -0.1) is 0 Å². The molecule has 0 aliphatic carbocycles. The first kappa shape index (κ1) is 31.4. The third-order valence-electron chi connectivity index (χ3n) is 8.82. The van der Waals surface area contributed by atoms with Gasteiger partial charge in [0.05, 0.1) is 10.5 Å². The number of carbonyl (C=O) groups is 1. The summed E-state index contributed by atoms with van der Waals surface area (Å²) in [6, 6.07) is 8.11. The third-order valence-corrected chi connectivity index (χ3v) is 10.6. The molecule has 3 aliphatic rings. The number of ether oxygens (including phenoxy) is 1. The predicted octanol–water partition coefficient (Wildman–Crippen LogP) is 3.81. The molecule has 0 spiro atoms. The number of anilines is 3. The van der Waals surface area contributed by atoms with Crippen LogP contribution in [0.5, 0.6) is 0 Å². The quantitative estimate of drug-likeness (QED) is 0.305. The first-order valence-corrected chi connectivity index (χ1v) is 16.9. The number of likely N-dealkylation sites (N-methyl/N-ethyl adjacent to an activating group) is 1. The van der Waals surface area contributed by atoms with Crippen molar-refractivity contribution in [2.45, 2.75) is 49.6 Å². The first-order chi connectivity index (χ1) is 21.7. The molecule has 0 bridgehead atoms. The van der Waals surface area contributed by atoms with Crippen LogP contribution in [0.25, 0.3) is 0 Å². The second-order valence-electron chi connectivity index (χ2n) is 11.9. The number of H-pyrrole nitrogens is 1. The lowest BCUT2D eigenvalue weighted by atomic mass is 10.1. The minimum Gasteiger partial charge on any atom is -0.381 e. The second kappa shape index (κ2) is 13.4. The Hall–Kier alpha value is -3.59. The van der Waals surface area contributed by atoms with E-state index < -0.39 is 32.5 Å². The summed E-state index contributed by atoms with van der Waals surface area (Å²) >= 11 is 0. The summed E-state index contributed by atoms with van der Waals surface area (Å²) in [5.74, 6) is -2.13. The fourth-order valence-electron chi connectivity index (χ4n) is 6.16. The summed E-state index contributed by atoms with van der Waals surface area (Å²) in [4.78, 5) is 17.9. The zero-order chi connectivity index (χ0) is 31.6. The molecule has 0 unspecified atom stereocenters. The van der Waals surface area contributed by atoms with E-state index in [4.69, 9.17) is 4.74 Å². The minimum atomic E-state index is -4.20. The highest BCUT2D eigenvalue weighted by atomic mass is 32.2. The molecule has 0 saturated carbocycles. The molecule has 0 radical (unpaired) electrons. The van der Waals surface area contributed by atoms with E-state index in [0.717, 1.165) is 61.1 Å². The predicted molar refractivity (Wildman–Crippen MR) is 167 cm³/mol. The van der Waals surface area contributed by atoms with Crippen molar-refractivity contribution in [3.63, 3.8) is 0 Å². The number of fused-ring (bicyclic) bond motifs is 1. The normalized spacial score (nSPS) is 18.1. The molecule has 1 aromatic heterocycles. The van der Waals surface area contributed by atoms with Crippen LogP contribution in [0.1, 0.15) is 47.3 Å². The van der Waals surface area contributed by atoms with Crippen LogP contribution in [0.3, 0.4) is 0 Å². The number of halogens is 2. The number of aromatic amines is 1. The second-order valence-corrected chi connectivity index (χ2v) is 13.8. The van der Waals surface area contributed by atoms with Crippen molar-refractivity contribution >= 4 is 33.1 Å². The molecule has 14 heteroatoms. The number of nitrogens with one attached hydrogen (secondary N) is 3. The van der Waals surface area contributed by atoms with Crippen LogP contribution < -0.4 is 15.5 Å². The van der Waals surface area contributed by atoms with E-state index in [1.807, 2.05) is 12.1 Å². The Kier molecular flexibility index (Phi) is 9.36. The van der Waals surface area contributed by atoms with Crippen LogP contribution >= 0.6 is 0 Å². The molecular formula is C31H39F2N7O4S. The zero-order valence-electron chi connectivity index (χ0n) is 25.3. The lowest BCUT2D eigenvalue weighted by Gasteiger charge is -2.28. The number of benzene rings is 2. The van der Waals surface area contributed by atoms with Gasteiger partial charge in [-0.3, -0.25) is 9.89 Å². The molecule has 0 atom stereocenters. The van der Waals surface area contributed by atoms with E-state index in [2.05, 4.69) is 37.7 Å². The Labute approximate surface area is 262 Å². The number of rotatable bonds is 10. The number of nitrogens with zero attached hydrogens (tertiary/aromatic N) is 4. The Morgan fingerprint density at radius 1 is 1.09 bits per heavy atom. The lowest BCUT2D eigenvalue weighted by molar-refractivity contribution is 0.0904. The molecule has 2 aromatic carbocycles. The molecule has 3 aromatic rings. The van der Waals surface area contributed by atoms with E-state index >= 15 is 0 Å². The molecule has 1 amide bonds. The van der Waals surface area contributed by atoms with E-state index in [0.29, 0.717) is 48.2 Å². The summed E-state index contributed by atoms with van der Waals surface area (Å²) in [5, 5.41) is 13.6. The molecule has 11 nitrogen and oxygen atoms in total. The van der Waals surface area contributed by atoms with Crippen LogP contribution in [0.4, 0.5) is 26.0 Å². The van der Waals surface area contributed by atoms with Crippen molar-refractivity contribution in [1.82, 2.24) is 19.4 Å². The first-order valence-electron chi connectivity index (χ1n) is 15.4. The van der Waals surface area contributed by atoms with Crippen molar-refractivity contribution in [3.8, 4) is 0 Å². The maximum Gasteiger partial charge on any atom is 0.258 e. The number of aromatic nitrogens is 2. The topological polar surface area (TPSA) is 123 Å². The van der Waals surface area contributed by atoms with Crippen molar-refractivity contribution in [2.24, 2.45) is 0 Å². The van der Waals surface area contributed by atoms with Gasteiger partial charge in [0.1, 0.15) is 11.6 Å². The molecule has 45 heavy (non-hydrogen) atoms. The number of likely N-dealkylation sites (tertiary alicyclic amines) is 1. The summed E-state index contributed by atoms with van der Waals surface area (Å²) in [6.45, 7) is 5.38. The van der Waals surface area contributed by atoms with Crippen LogP contribution in [-0.4, -0.2) is 92.8 Å². The molecule has 3 N–H and O–H groups in total. The Morgan fingerprint density at radius 2 is 1.82 bits per heavy atom. The van der Waals surface area contributed by atoms with Gasteiger partial charge >= 0.3 is 0 Å². The summed E-state index contributed by atoms with van der Waals surface area (Å²) < 4.78 is 60.9. The molecule has 6 rings (SSSR count). The number of carbonyl (C=O) groups excluding carboxylic acids is 1. The van der Waals surface area contributed by atoms with Crippen LogP contribution in [0, 0.1) is 11.6 Å². The van der Waals surface area contributed by atoms with Crippen molar-refractivity contribution in [2.75, 3.05) is 68.5 Å². The lowest BCUT2D eigenvalue weighted by Crippen LogP contribution is -2.36. The maximum absolute atomic E-state index is 13.8. The minimum absolute atomic E-state index is 0.0922. The fourth-order valence-corrected chi connectivity index (χ4v) is 7.61. The van der Waals surface area contributed by atoms with Crippen LogP contribution in [-0.2, 0) is 27.7 Å². The van der Waals surface area contributed by atoms with Crippen LogP contribution in [0.2, 0.25) is 0 Å². The SMILES string of the molecule is CN(CCN1CCCC1)c1ccc(C(=O)Nc2n[nH]c3c2CN(S(=O)(=O)c2cc(F)cc(F)c2)CC3)c(NC2CCOCC2)c1. The number of amides is 1. The third kappa shape index (κ3) is 7.13. The Bertz CT molecular complexity index is 1620. The van der Waals surface area contributed by atoms with Gasteiger partial charge in [-0.1, -0.05) is 0 Å². The number of hydrogen-bond donors (Lipinski definition) is 3. The highest BCUT2D eigenvalue weighted by molar-refractivity contribution is 7.89. The summed E-state index contributed by atoms with van der Waals surface area (Å²) in [5.41, 5.74) is 3.33. The van der Waals surface area contributed by atoms with E-state index in [-0.39, 0.29) is 24.9 Å². The largest absolute Gasteiger partial charge is 0.381 e. The average molecular weight is 644 g/mol. The molecule has 2 fully saturated rings. The van der Waals surface area contributed by atoms with Gasteiger partial charge in [0.25, 0.3) is 5.91 Å². The van der Waals surface area contributed by atoms with Gasteiger partial charge in [0, 0.05) is 87.6 Å². The monoisotopic (exact) mass is 643 g/mol. The van der Waals surface area contributed by atoms with E-state index in [9.17, 15) is 22.0 Å². The van der Waals surface area contributed by atoms with Crippen molar-refractivity contribution in [3.05, 3.63) is 64.9 Å². The highest BCUT2D eigenvalue weighted by Gasteiger charge is 2.32. The maximum atomic E-state index is 13.8. The average Bonchev–Trinajstić information content (AvgIpc) is 3.70. The zero-order valence-corrected chi connectivity index (χ0v) is 26.1. The Balaban J connectivity index is 1.21. The van der Waals surface area contributed by atoms with Crippen molar-refractivity contribution < 1.29 is 26.7 Å². The molecular weight excluding hydrogens is 604 g/mol. The number of sulfonamides is 1. The van der Waals surface area contributed by atoms with Gasteiger partial charge in [0.2, 0.25) is 10.0 Å². The standard InChI is InChI=1S/C31H39F2N7O4S/c1-38(12-13-39-9-2-3-10-39)24-4-5-26(29(19-24)34-23-7-14-44-15-8-23)31(41)35-30-27-20-40(11-6-28(27)36-37-30)45(42,43)25-17-21(32)16-22(33)18-25/h4-5,16-19,23,34H,2-3,6-15,20H2,1H3,(H2,35,36,37,41).